The van der Waals surface area contributed by atoms with Crippen molar-refractivity contribution in [3.8, 4) is 0 Å². The minimum absolute atomic E-state index is 0. The molecule has 0 N–H and O–H groups in total. The maximum Gasteiger partial charge on any atom is 0.199 e. The van der Waals surface area contributed by atoms with Gasteiger partial charge in [-0.15, -0.1) is 0 Å². The van der Waals surface area contributed by atoms with E-state index in [4.69, 9.17) is 0 Å². The van der Waals surface area contributed by atoms with Gasteiger partial charge in [0, 0.05) is 100 Å². The van der Waals surface area contributed by atoms with Crippen LogP contribution in [0.5, 0.6) is 0 Å². The average Bonchev–Trinajstić information content (AvgIpc) is 3.30. The Balaban J connectivity index is 0.000000331. The van der Waals surface area contributed by atoms with Crippen molar-refractivity contribution in [1.82, 2.24) is 0 Å². The van der Waals surface area contributed by atoms with E-state index in [2.05, 4.69) is 258 Å². The fraction of sp³-hybridized carbons (Fsp3) is 0.321. The fourth-order valence-corrected chi connectivity index (χ4v) is 8.06. The first-order chi connectivity index (χ1) is 30.0. The molecule has 340 valence electrons. The molecule has 0 saturated carbocycles. The Morgan fingerprint density at radius 3 is 0.750 bits per heavy atom. The second-order valence-electron chi connectivity index (χ2n) is 16.2. The monoisotopic (exact) mass is 899 g/mol. The summed E-state index contributed by atoms with van der Waals surface area (Å²) in [6.07, 6.45) is 17.7. The summed E-state index contributed by atoms with van der Waals surface area (Å²) < 4.78 is 4.27. The molecule has 2 aliphatic rings. The maximum atomic E-state index is 2.38. The molecule has 0 spiro atoms. The summed E-state index contributed by atoms with van der Waals surface area (Å²) in [5.41, 5.74) is 17.4. The topological polar surface area (TPSA) is 19.0 Å². The highest BCUT2D eigenvalue weighted by atomic mass is 35.5. The summed E-state index contributed by atoms with van der Waals surface area (Å²) in [7, 11) is 12.5. The zero-order valence-electron chi connectivity index (χ0n) is 40.5. The highest BCUT2D eigenvalue weighted by Crippen LogP contribution is 2.34. The molecule has 0 fully saturated rings. The number of halogens is 2. The first-order valence-electron chi connectivity index (χ1n) is 22.6. The van der Waals surface area contributed by atoms with Crippen LogP contribution in [0.15, 0.2) is 157 Å². The van der Waals surface area contributed by atoms with Gasteiger partial charge in [0.05, 0.1) is 0 Å². The number of nitrogens with zero attached hydrogens (tertiary/aromatic N) is 6. The van der Waals surface area contributed by atoms with Crippen molar-refractivity contribution in [2.24, 2.45) is 0 Å². The van der Waals surface area contributed by atoms with Gasteiger partial charge in [-0.3, -0.25) is 0 Å². The van der Waals surface area contributed by atoms with Crippen LogP contribution >= 0.6 is 0 Å². The lowest BCUT2D eigenvalue weighted by atomic mass is 9.90. The molecule has 6 rings (SSSR count). The number of benzene rings is 4. The third-order valence-electron chi connectivity index (χ3n) is 11.9. The van der Waals surface area contributed by atoms with Crippen molar-refractivity contribution < 1.29 is 34.0 Å². The molecule has 64 heavy (non-hydrogen) atoms. The van der Waals surface area contributed by atoms with Crippen molar-refractivity contribution in [2.45, 2.75) is 41.5 Å². The first-order valence-corrected chi connectivity index (χ1v) is 22.6. The molecule has 0 aliphatic heterocycles. The maximum absolute atomic E-state index is 2.38. The standard InChI is InChI=1S/C29H38N3.C27H34N3.2ClH/c1-7-31(8-2)27-19-13-24(14-20-27)29(23-11-17-26(18-12-23)30(5)6)25-15-21-28(22-16-25)32(9-3)10-4;1-7-30(8-2)26-19-13-23(14-20-26)27(21-9-15-24(16-10-21)28(3)4)22-11-17-25(18-12-22)29(5)6;;/h11-22H,7-10H2,1-6H3;9-20H,7-8H2,1-6H3;2*1H/q2*+1;;/p-2. The van der Waals surface area contributed by atoms with Crippen molar-refractivity contribution in [3.05, 3.63) is 179 Å². The number of allylic oxidation sites excluding steroid dienone is 10. The zero-order chi connectivity index (χ0) is 44.8. The van der Waals surface area contributed by atoms with E-state index in [1.165, 1.54) is 78.7 Å². The van der Waals surface area contributed by atoms with Crippen molar-refractivity contribution >= 4 is 45.3 Å². The summed E-state index contributed by atoms with van der Waals surface area (Å²) in [6.45, 7) is 19.3. The smallest absolute Gasteiger partial charge is 0.199 e. The van der Waals surface area contributed by atoms with Crippen molar-refractivity contribution in [2.75, 3.05) is 101 Å². The molecule has 0 heterocycles. The molecule has 0 aromatic heterocycles. The Morgan fingerprint density at radius 2 is 0.562 bits per heavy atom. The normalized spacial score (nSPS) is 12.4. The van der Waals surface area contributed by atoms with E-state index in [1.807, 2.05) is 0 Å². The molecule has 0 saturated heterocycles. The van der Waals surface area contributed by atoms with Gasteiger partial charge in [0.1, 0.15) is 28.2 Å². The lowest BCUT2D eigenvalue weighted by Gasteiger charge is -2.23. The molecule has 0 amide bonds. The van der Waals surface area contributed by atoms with Gasteiger partial charge in [-0.05, 0) is 159 Å². The molecule has 8 heteroatoms. The van der Waals surface area contributed by atoms with Gasteiger partial charge < -0.3 is 44.4 Å². The molecular weight excluding hydrogens is 828 g/mol. The molecule has 2 aliphatic carbocycles. The molecule has 6 nitrogen and oxygen atoms in total. The Bertz CT molecular complexity index is 2250. The van der Waals surface area contributed by atoms with Gasteiger partial charge in [-0.1, -0.05) is 48.5 Å². The minimum Gasteiger partial charge on any atom is -1.00 e. The minimum atomic E-state index is 0. The van der Waals surface area contributed by atoms with E-state index in [0.29, 0.717) is 0 Å². The highest BCUT2D eigenvalue weighted by Gasteiger charge is 2.16. The molecule has 0 bridgehead atoms. The van der Waals surface area contributed by atoms with E-state index >= 15 is 0 Å². The third kappa shape index (κ3) is 13.2. The predicted octanol–water partition coefficient (Wildman–Crippen LogP) is 5.27. The molecule has 4 aromatic rings. The molecule has 0 atom stereocenters. The highest BCUT2D eigenvalue weighted by molar-refractivity contribution is 6.04. The molecule has 0 radical (unpaired) electrons. The Labute approximate surface area is 399 Å². The Kier molecular flexibility index (Phi) is 21.2. The van der Waals surface area contributed by atoms with Crippen LogP contribution in [0, 0.1) is 0 Å². The van der Waals surface area contributed by atoms with Crippen LogP contribution in [-0.4, -0.2) is 102 Å². The Hall–Kier alpha value is -5.56. The van der Waals surface area contributed by atoms with E-state index in [1.54, 1.807) is 0 Å². The van der Waals surface area contributed by atoms with Gasteiger partial charge in [0.15, 0.2) is 11.4 Å². The SMILES string of the molecule is CCN(CC)c1ccc(C(=C2C=CC(=[N+](C)C)C=C2)c2ccc(N(C)C)cc2)cc1.CCN(CC)c1ccc(C(=C2C=CC(=[N+](C)C)C=C2)c2ccc(N(CC)CC)cc2)cc1.[Cl-].[Cl-]. The lowest BCUT2D eigenvalue weighted by Crippen LogP contribution is -3.00. The van der Waals surface area contributed by atoms with E-state index in [0.717, 1.165) is 39.3 Å². The summed E-state index contributed by atoms with van der Waals surface area (Å²) in [4.78, 5) is 9.28. The van der Waals surface area contributed by atoms with Gasteiger partial charge in [0.2, 0.25) is 0 Å². The van der Waals surface area contributed by atoms with Gasteiger partial charge >= 0.3 is 0 Å². The van der Waals surface area contributed by atoms with Crippen LogP contribution in [-0.2, 0) is 0 Å². The molecular formula is C56H72Cl2N6. The van der Waals surface area contributed by atoms with Crippen molar-refractivity contribution in [3.63, 3.8) is 0 Å². The summed E-state index contributed by atoms with van der Waals surface area (Å²) in [6, 6.07) is 35.9. The quantitative estimate of drug-likeness (QED) is 0.161. The fourth-order valence-electron chi connectivity index (χ4n) is 8.06. The number of anilines is 4. The second kappa shape index (κ2) is 25.7. The van der Waals surface area contributed by atoms with Crippen LogP contribution in [0.3, 0.4) is 0 Å². The van der Waals surface area contributed by atoms with Crippen LogP contribution in [0.4, 0.5) is 22.7 Å². The molecule has 0 unspecified atom stereocenters. The summed E-state index contributed by atoms with van der Waals surface area (Å²) >= 11 is 0. The zero-order valence-corrected chi connectivity index (χ0v) is 42.1. The number of hydrogen-bond acceptors (Lipinski definition) is 4. The van der Waals surface area contributed by atoms with Crippen molar-refractivity contribution in [1.29, 1.82) is 0 Å². The number of rotatable bonds is 14. The number of hydrogen-bond donors (Lipinski definition) is 0. The van der Waals surface area contributed by atoms with Gasteiger partial charge in [-0.2, -0.15) is 0 Å². The lowest BCUT2D eigenvalue weighted by molar-refractivity contribution is -0.462. The largest absolute Gasteiger partial charge is 1.00 e. The second-order valence-corrected chi connectivity index (χ2v) is 16.2. The van der Waals surface area contributed by atoms with Gasteiger partial charge in [-0.25, -0.2) is 9.15 Å². The molecule has 4 aromatic carbocycles. The third-order valence-corrected chi connectivity index (χ3v) is 11.9. The van der Waals surface area contributed by atoms with E-state index in [-0.39, 0.29) is 24.8 Å². The average molecular weight is 900 g/mol. The van der Waals surface area contributed by atoms with Crippen LogP contribution in [0.1, 0.15) is 63.8 Å². The van der Waals surface area contributed by atoms with Crippen LogP contribution < -0.4 is 44.4 Å². The predicted molar refractivity (Wildman–Crippen MR) is 274 cm³/mol. The summed E-state index contributed by atoms with van der Waals surface area (Å²) in [5, 5.41) is 0. The summed E-state index contributed by atoms with van der Waals surface area (Å²) in [5.74, 6) is 0. The van der Waals surface area contributed by atoms with Crippen LogP contribution in [0.25, 0.3) is 11.1 Å². The van der Waals surface area contributed by atoms with Crippen LogP contribution in [0.2, 0.25) is 0 Å². The first kappa shape index (κ1) is 52.8. The van der Waals surface area contributed by atoms with Gasteiger partial charge in [0.25, 0.3) is 0 Å². The van der Waals surface area contributed by atoms with E-state index < -0.39 is 0 Å². The van der Waals surface area contributed by atoms with E-state index in [9.17, 15) is 0 Å². The Morgan fingerprint density at radius 1 is 0.344 bits per heavy atom.